The Morgan fingerprint density at radius 2 is 1.88 bits per heavy atom. The number of rotatable bonds is 6. The molecule has 2 aliphatic heterocycles. The van der Waals surface area contributed by atoms with Crippen molar-refractivity contribution >= 4 is 38.1 Å². The summed E-state index contributed by atoms with van der Waals surface area (Å²) in [6.07, 6.45) is 5.75. The van der Waals surface area contributed by atoms with Gasteiger partial charge in [0.2, 0.25) is 11.0 Å². The molecule has 3 heterocycles. The van der Waals surface area contributed by atoms with E-state index in [-0.39, 0.29) is 22.5 Å². The summed E-state index contributed by atoms with van der Waals surface area (Å²) < 4.78 is 42.1. The molecule has 8 nitrogen and oxygen atoms in total. The summed E-state index contributed by atoms with van der Waals surface area (Å²) in [5.74, 6) is 0.834. The normalized spacial score (nSPS) is 22.6. The number of hydrogen-bond donors (Lipinski definition) is 1. The molecule has 11 heteroatoms. The van der Waals surface area contributed by atoms with Crippen molar-refractivity contribution in [3.05, 3.63) is 29.8 Å². The fourth-order valence-corrected chi connectivity index (χ4v) is 5.89. The predicted octanol–water partition coefficient (Wildman–Crippen LogP) is 2.64. The second kappa shape index (κ2) is 8.26. The Morgan fingerprint density at radius 1 is 1.12 bits per heavy atom. The Labute approximate surface area is 190 Å². The number of piperidine rings is 1. The highest BCUT2D eigenvalue weighted by atomic mass is 32.2. The van der Waals surface area contributed by atoms with Gasteiger partial charge in [-0.25, -0.2) is 17.8 Å². The maximum Gasteiger partial charge on any atom is 0.245 e. The molecule has 1 aliphatic carbocycles. The van der Waals surface area contributed by atoms with Crippen molar-refractivity contribution in [1.29, 1.82) is 0 Å². The molecule has 1 amide bonds. The Hall–Kier alpha value is -2.27. The minimum atomic E-state index is -3.48. The Balaban J connectivity index is 1.18. The highest BCUT2D eigenvalue weighted by molar-refractivity contribution is 7.90. The lowest BCUT2D eigenvalue weighted by atomic mass is 10.0. The third-order valence-corrected chi connectivity index (χ3v) is 8.39. The average Bonchev–Trinajstić information content (AvgIpc) is 3.38. The zero-order chi connectivity index (χ0) is 22.5. The lowest BCUT2D eigenvalue weighted by molar-refractivity contribution is -0.130. The van der Waals surface area contributed by atoms with Crippen LogP contribution in [0.5, 0.6) is 0 Å². The molecule has 0 spiro atoms. The van der Waals surface area contributed by atoms with Crippen molar-refractivity contribution in [2.75, 3.05) is 36.1 Å². The number of sulfone groups is 1. The van der Waals surface area contributed by atoms with Crippen molar-refractivity contribution in [2.24, 2.45) is 0 Å². The molecule has 172 valence electrons. The predicted molar refractivity (Wildman–Crippen MR) is 120 cm³/mol. The molecular weight excluding hydrogens is 453 g/mol. The van der Waals surface area contributed by atoms with Crippen LogP contribution in [0, 0.1) is 5.82 Å². The number of nitrogens with one attached hydrogen (secondary N) is 1. The first-order valence-corrected chi connectivity index (χ1v) is 13.6. The van der Waals surface area contributed by atoms with Crippen molar-refractivity contribution in [3.8, 4) is 0 Å². The standard InChI is InChI=1S/C21H26FN5O3S2/c1-32(29,30)15-4-5-17(16(22)12-15)23-18-8-11-27(20(18)28)14-6-9-26(10-7-14)21-24-19(25-31-21)13-2-3-13/h4-5,12-14,18,23H,2-3,6-11H2,1H3/t18-/m0/s1. The number of benzene rings is 1. The van der Waals surface area contributed by atoms with Gasteiger partial charge in [0.05, 0.1) is 10.6 Å². The van der Waals surface area contributed by atoms with Crippen LogP contribution in [0.25, 0.3) is 0 Å². The van der Waals surface area contributed by atoms with Crippen LogP contribution in [0.4, 0.5) is 15.2 Å². The van der Waals surface area contributed by atoms with Crippen LogP contribution in [0.2, 0.25) is 0 Å². The molecule has 1 aromatic carbocycles. The Morgan fingerprint density at radius 3 is 2.53 bits per heavy atom. The fourth-order valence-electron chi connectivity index (χ4n) is 4.46. The summed E-state index contributed by atoms with van der Waals surface area (Å²) in [4.78, 5) is 21.8. The number of anilines is 2. The fraction of sp³-hybridized carbons (Fsp3) is 0.571. The summed E-state index contributed by atoms with van der Waals surface area (Å²) in [6.45, 7) is 2.32. The molecule has 3 aliphatic rings. The van der Waals surface area contributed by atoms with Crippen molar-refractivity contribution in [3.63, 3.8) is 0 Å². The summed E-state index contributed by atoms with van der Waals surface area (Å²) in [7, 11) is -3.48. The molecule has 1 saturated carbocycles. The first kappa shape index (κ1) is 21.6. The molecular formula is C21H26FN5O3S2. The lowest BCUT2D eigenvalue weighted by Crippen LogP contribution is -2.47. The van der Waals surface area contributed by atoms with Gasteiger partial charge in [-0.1, -0.05) is 0 Å². The largest absolute Gasteiger partial charge is 0.371 e. The second-order valence-electron chi connectivity index (χ2n) is 8.86. The quantitative estimate of drug-likeness (QED) is 0.681. The van der Waals surface area contributed by atoms with Crippen LogP contribution in [0.3, 0.4) is 0 Å². The van der Waals surface area contributed by atoms with Gasteiger partial charge in [-0.15, -0.1) is 0 Å². The van der Waals surface area contributed by atoms with Crippen LogP contribution >= 0.6 is 11.5 Å². The number of carbonyl (C=O) groups excluding carboxylic acids is 1. The van der Waals surface area contributed by atoms with Crippen molar-refractivity contribution < 1.29 is 17.6 Å². The summed E-state index contributed by atoms with van der Waals surface area (Å²) in [6, 6.07) is 3.40. The van der Waals surface area contributed by atoms with Gasteiger partial charge in [0, 0.05) is 49.4 Å². The summed E-state index contributed by atoms with van der Waals surface area (Å²) >= 11 is 1.46. The van der Waals surface area contributed by atoms with E-state index in [1.807, 2.05) is 4.90 Å². The lowest BCUT2D eigenvalue weighted by Gasteiger charge is -2.36. The number of nitrogens with zero attached hydrogens (tertiary/aromatic N) is 4. The maximum absolute atomic E-state index is 14.4. The van der Waals surface area contributed by atoms with E-state index in [9.17, 15) is 17.6 Å². The zero-order valence-electron chi connectivity index (χ0n) is 17.8. The van der Waals surface area contributed by atoms with Crippen LogP contribution < -0.4 is 10.2 Å². The van der Waals surface area contributed by atoms with E-state index >= 15 is 0 Å². The molecule has 1 aromatic heterocycles. The number of halogens is 1. The zero-order valence-corrected chi connectivity index (χ0v) is 19.5. The van der Waals surface area contributed by atoms with E-state index in [2.05, 4.69) is 14.6 Å². The van der Waals surface area contributed by atoms with Crippen molar-refractivity contribution in [1.82, 2.24) is 14.3 Å². The molecule has 2 aromatic rings. The van der Waals surface area contributed by atoms with Gasteiger partial charge in [-0.2, -0.15) is 4.37 Å². The van der Waals surface area contributed by atoms with E-state index in [4.69, 9.17) is 4.98 Å². The van der Waals surface area contributed by atoms with E-state index in [0.717, 1.165) is 49.2 Å². The van der Waals surface area contributed by atoms with Gasteiger partial charge in [0.1, 0.15) is 17.7 Å². The van der Waals surface area contributed by atoms with E-state index < -0.39 is 21.7 Å². The number of hydrogen-bond acceptors (Lipinski definition) is 8. The summed E-state index contributed by atoms with van der Waals surface area (Å²) in [5.41, 5.74) is 0.148. The van der Waals surface area contributed by atoms with E-state index in [1.165, 1.54) is 36.5 Å². The van der Waals surface area contributed by atoms with E-state index in [0.29, 0.717) is 18.9 Å². The minimum absolute atomic E-state index is 0.0259. The van der Waals surface area contributed by atoms with Gasteiger partial charge in [-0.3, -0.25) is 4.79 Å². The van der Waals surface area contributed by atoms with Crippen LogP contribution in [-0.4, -0.2) is 66.6 Å². The molecule has 0 unspecified atom stereocenters. The van der Waals surface area contributed by atoms with Crippen LogP contribution in [0.1, 0.15) is 43.8 Å². The monoisotopic (exact) mass is 479 g/mol. The highest BCUT2D eigenvalue weighted by Gasteiger charge is 2.38. The Bertz CT molecular complexity index is 1130. The smallest absolute Gasteiger partial charge is 0.245 e. The molecule has 32 heavy (non-hydrogen) atoms. The van der Waals surface area contributed by atoms with Gasteiger partial charge in [0.25, 0.3) is 0 Å². The number of amides is 1. The summed E-state index contributed by atoms with van der Waals surface area (Å²) in [5, 5.41) is 3.95. The highest BCUT2D eigenvalue weighted by Crippen LogP contribution is 2.40. The molecule has 2 saturated heterocycles. The molecule has 3 fully saturated rings. The van der Waals surface area contributed by atoms with Gasteiger partial charge in [-0.05, 0) is 50.3 Å². The van der Waals surface area contributed by atoms with Crippen LogP contribution in [-0.2, 0) is 14.6 Å². The SMILES string of the molecule is CS(=O)(=O)c1ccc(N[C@H]2CCN(C3CCN(c4nc(C5CC5)ns4)CC3)C2=O)c(F)c1. The van der Waals surface area contributed by atoms with Gasteiger partial charge in [0.15, 0.2) is 9.84 Å². The topological polar surface area (TPSA) is 95.5 Å². The first-order valence-electron chi connectivity index (χ1n) is 10.9. The molecule has 0 radical (unpaired) electrons. The average molecular weight is 480 g/mol. The van der Waals surface area contributed by atoms with Crippen molar-refractivity contribution in [2.45, 2.75) is 55.0 Å². The third-order valence-electron chi connectivity index (χ3n) is 6.49. The second-order valence-corrected chi connectivity index (χ2v) is 11.6. The number of carbonyl (C=O) groups is 1. The van der Waals surface area contributed by atoms with Gasteiger partial charge >= 0.3 is 0 Å². The first-order chi connectivity index (χ1) is 15.3. The Kier molecular flexibility index (Phi) is 5.56. The maximum atomic E-state index is 14.4. The number of aromatic nitrogens is 2. The molecule has 1 N–H and O–H groups in total. The van der Waals surface area contributed by atoms with Gasteiger partial charge < -0.3 is 15.1 Å². The van der Waals surface area contributed by atoms with E-state index in [1.54, 1.807) is 0 Å². The molecule has 0 bridgehead atoms. The molecule has 1 atom stereocenters. The third kappa shape index (κ3) is 4.32. The number of likely N-dealkylation sites (tertiary alicyclic amines) is 1. The molecule has 5 rings (SSSR count). The minimum Gasteiger partial charge on any atom is -0.371 e. The van der Waals surface area contributed by atoms with Crippen LogP contribution in [0.15, 0.2) is 23.1 Å².